The first kappa shape index (κ1) is 10.7. The van der Waals surface area contributed by atoms with Crippen molar-refractivity contribution in [1.29, 1.82) is 0 Å². The minimum atomic E-state index is -0.936. The summed E-state index contributed by atoms with van der Waals surface area (Å²) in [5.41, 5.74) is -0.936. The van der Waals surface area contributed by atoms with Crippen LogP contribution >= 0.6 is 22.6 Å². The lowest BCUT2D eigenvalue weighted by atomic mass is 9.92. The molecule has 0 aromatic heterocycles. The van der Waals surface area contributed by atoms with Gasteiger partial charge in [-0.05, 0) is 12.8 Å². The Labute approximate surface area is 75.8 Å². The van der Waals surface area contributed by atoms with Gasteiger partial charge in [0.1, 0.15) is 0 Å². The van der Waals surface area contributed by atoms with Gasteiger partial charge in [0.05, 0.1) is 11.7 Å². The van der Waals surface area contributed by atoms with Crippen molar-refractivity contribution in [2.75, 3.05) is 4.43 Å². The second kappa shape index (κ2) is 3.88. The summed E-state index contributed by atoms with van der Waals surface area (Å²) < 4.78 is 0.560. The van der Waals surface area contributed by atoms with E-state index in [1.807, 2.05) is 13.8 Å². The predicted octanol–water partition coefficient (Wildman–Crippen LogP) is 1.19. The van der Waals surface area contributed by atoms with E-state index in [0.29, 0.717) is 4.43 Å². The highest BCUT2D eigenvalue weighted by atomic mass is 127. The van der Waals surface area contributed by atoms with Gasteiger partial charge in [0.2, 0.25) is 0 Å². The van der Waals surface area contributed by atoms with Gasteiger partial charge >= 0.3 is 0 Å². The third kappa shape index (κ3) is 2.72. The highest BCUT2D eigenvalue weighted by Crippen LogP contribution is 2.19. The summed E-state index contributed by atoms with van der Waals surface area (Å²) in [5, 5.41) is 18.9. The van der Waals surface area contributed by atoms with Gasteiger partial charge in [-0.25, -0.2) is 0 Å². The van der Waals surface area contributed by atoms with E-state index in [4.69, 9.17) is 0 Å². The Morgan fingerprint density at radius 2 is 1.90 bits per heavy atom. The molecule has 0 amide bonds. The fourth-order valence-corrected chi connectivity index (χ4v) is 1.25. The number of aliphatic hydroxyl groups excluding tert-OH is 1. The summed E-state index contributed by atoms with van der Waals surface area (Å²) in [6.07, 6.45) is -0.621. The van der Waals surface area contributed by atoms with Crippen molar-refractivity contribution in [2.24, 2.45) is 5.92 Å². The normalized spacial score (nSPS) is 20.7. The Balaban J connectivity index is 4.03. The monoisotopic (exact) mass is 258 g/mol. The minimum absolute atomic E-state index is 0.116. The van der Waals surface area contributed by atoms with Crippen LogP contribution in [0.4, 0.5) is 0 Å². The summed E-state index contributed by atoms with van der Waals surface area (Å²) in [4.78, 5) is 0. The average molecular weight is 258 g/mol. The average Bonchev–Trinajstić information content (AvgIpc) is 1.86. The molecule has 10 heavy (non-hydrogen) atoms. The molecule has 2 atom stereocenters. The molecule has 0 aliphatic heterocycles. The first-order valence-electron chi connectivity index (χ1n) is 3.38. The van der Waals surface area contributed by atoms with Crippen LogP contribution in [0.25, 0.3) is 0 Å². The fraction of sp³-hybridized carbons (Fsp3) is 1.00. The number of hydrogen-bond acceptors (Lipinski definition) is 2. The van der Waals surface area contributed by atoms with Crippen LogP contribution in [0.3, 0.4) is 0 Å². The minimum Gasteiger partial charge on any atom is -0.390 e. The molecule has 0 aliphatic rings. The molecule has 0 rings (SSSR count). The first-order valence-corrected chi connectivity index (χ1v) is 4.90. The largest absolute Gasteiger partial charge is 0.390 e. The van der Waals surface area contributed by atoms with Crippen LogP contribution < -0.4 is 0 Å². The van der Waals surface area contributed by atoms with Gasteiger partial charge in [0.15, 0.2) is 0 Å². The topological polar surface area (TPSA) is 40.5 Å². The molecule has 3 heteroatoms. The van der Waals surface area contributed by atoms with E-state index in [2.05, 4.69) is 22.6 Å². The lowest BCUT2D eigenvalue weighted by Gasteiger charge is -2.29. The van der Waals surface area contributed by atoms with Crippen LogP contribution in [0, 0.1) is 5.92 Å². The maximum atomic E-state index is 9.50. The zero-order valence-electron chi connectivity index (χ0n) is 6.63. The van der Waals surface area contributed by atoms with E-state index < -0.39 is 11.7 Å². The van der Waals surface area contributed by atoms with Crippen LogP contribution in [-0.4, -0.2) is 26.3 Å². The second-order valence-corrected chi connectivity index (χ2v) is 3.94. The molecule has 0 spiro atoms. The number of aliphatic hydroxyl groups is 2. The smallest absolute Gasteiger partial charge is 0.0968 e. The van der Waals surface area contributed by atoms with Crippen molar-refractivity contribution in [3.63, 3.8) is 0 Å². The van der Waals surface area contributed by atoms with Crippen molar-refractivity contribution in [3.8, 4) is 0 Å². The van der Waals surface area contributed by atoms with Crippen LogP contribution in [0.1, 0.15) is 20.8 Å². The van der Waals surface area contributed by atoms with Gasteiger partial charge in [-0.3, -0.25) is 0 Å². The van der Waals surface area contributed by atoms with Crippen LogP contribution in [-0.2, 0) is 0 Å². The molecular formula is C7H15IO2. The molecule has 2 nitrogen and oxygen atoms in total. The zero-order chi connectivity index (χ0) is 8.36. The van der Waals surface area contributed by atoms with Crippen molar-refractivity contribution >= 4 is 22.6 Å². The lowest BCUT2D eigenvalue weighted by molar-refractivity contribution is -0.0642. The van der Waals surface area contributed by atoms with Crippen molar-refractivity contribution < 1.29 is 10.2 Å². The molecule has 0 aliphatic carbocycles. The van der Waals surface area contributed by atoms with E-state index in [9.17, 15) is 10.2 Å². The summed E-state index contributed by atoms with van der Waals surface area (Å²) in [7, 11) is 0. The van der Waals surface area contributed by atoms with Gasteiger partial charge in [-0.2, -0.15) is 0 Å². The molecular weight excluding hydrogens is 243 g/mol. The van der Waals surface area contributed by atoms with E-state index in [-0.39, 0.29) is 5.92 Å². The Morgan fingerprint density at radius 1 is 1.50 bits per heavy atom. The second-order valence-electron chi connectivity index (χ2n) is 3.18. The molecule has 0 heterocycles. The fourth-order valence-electron chi connectivity index (χ4n) is 0.797. The summed E-state index contributed by atoms with van der Waals surface area (Å²) >= 11 is 2.07. The van der Waals surface area contributed by atoms with Gasteiger partial charge < -0.3 is 10.2 Å². The molecule has 0 aromatic rings. The van der Waals surface area contributed by atoms with E-state index >= 15 is 0 Å². The number of alkyl halides is 1. The molecule has 0 unspecified atom stereocenters. The van der Waals surface area contributed by atoms with Crippen molar-refractivity contribution in [3.05, 3.63) is 0 Å². The van der Waals surface area contributed by atoms with Gasteiger partial charge in [0, 0.05) is 4.43 Å². The van der Waals surface area contributed by atoms with Gasteiger partial charge in [-0.15, -0.1) is 0 Å². The standard InChI is InChI=1S/C7H15IO2/c1-5(2)6(9)7(3,10)4-8/h5-6,9-10H,4H2,1-3H3/t6-,7-/m1/s1. The van der Waals surface area contributed by atoms with Gasteiger partial charge in [0.25, 0.3) is 0 Å². The third-order valence-corrected chi connectivity index (χ3v) is 3.08. The van der Waals surface area contributed by atoms with Crippen LogP contribution in [0.5, 0.6) is 0 Å². The van der Waals surface area contributed by atoms with Crippen LogP contribution in [0.2, 0.25) is 0 Å². The van der Waals surface area contributed by atoms with Gasteiger partial charge in [-0.1, -0.05) is 36.4 Å². The lowest BCUT2D eigenvalue weighted by Crippen LogP contribution is -2.43. The molecule has 0 saturated carbocycles. The SMILES string of the molecule is CC(C)[C@@H](O)[C@](C)(O)CI. The predicted molar refractivity (Wildman–Crippen MR) is 50.4 cm³/mol. The van der Waals surface area contributed by atoms with Crippen molar-refractivity contribution in [1.82, 2.24) is 0 Å². The third-order valence-electron chi connectivity index (χ3n) is 1.54. The summed E-state index contributed by atoms with van der Waals surface area (Å²) in [6.45, 7) is 5.45. The Hall–Kier alpha value is 0.650. The van der Waals surface area contributed by atoms with Crippen LogP contribution in [0.15, 0.2) is 0 Å². The number of rotatable bonds is 3. The van der Waals surface area contributed by atoms with E-state index in [1.165, 1.54) is 0 Å². The number of hydrogen-bond donors (Lipinski definition) is 2. The Morgan fingerprint density at radius 3 is 2.00 bits per heavy atom. The summed E-state index contributed by atoms with van der Waals surface area (Å²) in [6, 6.07) is 0. The highest BCUT2D eigenvalue weighted by Gasteiger charge is 2.30. The molecule has 62 valence electrons. The Kier molecular flexibility index (Phi) is 4.13. The zero-order valence-corrected chi connectivity index (χ0v) is 8.79. The molecule has 0 fully saturated rings. The van der Waals surface area contributed by atoms with E-state index in [1.54, 1.807) is 6.92 Å². The highest BCUT2D eigenvalue weighted by molar-refractivity contribution is 14.1. The molecule has 0 bridgehead atoms. The molecule has 0 radical (unpaired) electrons. The van der Waals surface area contributed by atoms with Crippen molar-refractivity contribution in [2.45, 2.75) is 32.5 Å². The quantitative estimate of drug-likeness (QED) is 0.589. The maximum Gasteiger partial charge on any atom is 0.0968 e. The summed E-state index contributed by atoms with van der Waals surface area (Å²) in [5.74, 6) is 0.116. The first-order chi connectivity index (χ1) is 4.41. The number of halogens is 1. The molecule has 2 N–H and O–H groups in total. The molecule has 0 aromatic carbocycles. The Bertz CT molecular complexity index is 102. The molecule has 0 saturated heterocycles. The maximum absolute atomic E-state index is 9.50. The van der Waals surface area contributed by atoms with E-state index in [0.717, 1.165) is 0 Å².